The molecule has 2 heterocycles. The lowest BCUT2D eigenvalue weighted by molar-refractivity contribution is -0.122. The molecule has 1 amide bonds. The number of aromatic hydroxyl groups is 1. The van der Waals surface area contributed by atoms with Crippen molar-refractivity contribution in [1.82, 2.24) is 9.47 Å². The average Bonchev–Trinajstić information content (AvgIpc) is 3.47. The zero-order valence-electron chi connectivity index (χ0n) is 19.9. The number of amides is 1. The lowest BCUT2D eigenvalue weighted by Gasteiger charge is -2.20. The summed E-state index contributed by atoms with van der Waals surface area (Å²) in [4.78, 5) is 40.9. The first-order chi connectivity index (χ1) is 17.3. The minimum absolute atomic E-state index is 0.0206. The topological polar surface area (TPSA) is 113 Å². The van der Waals surface area contributed by atoms with E-state index in [2.05, 4.69) is 0 Å². The van der Waals surface area contributed by atoms with Crippen molar-refractivity contribution in [2.75, 3.05) is 13.7 Å². The van der Waals surface area contributed by atoms with Crippen LogP contribution >= 0.6 is 24.0 Å². The first-order valence-electron chi connectivity index (χ1n) is 11.6. The second-order valence-electron chi connectivity index (χ2n) is 8.70. The molecule has 1 saturated carbocycles. The molecule has 0 atom stereocenters. The molecule has 0 radical (unpaired) electrons. The number of hydrogen-bond donors (Lipinski definition) is 1. The number of benzene rings is 1. The number of hydrogen-bond acceptors (Lipinski definition) is 8. The van der Waals surface area contributed by atoms with Crippen molar-refractivity contribution < 1.29 is 19.4 Å². The summed E-state index contributed by atoms with van der Waals surface area (Å²) in [7, 11) is 1.58. The van der Waals surface area contributed by atoms with Crippen LogP contribution < -0.4 is 10.3 Å². The fourth-order valence-electron chi connectivity index (χ4n) is 4.64. The highest BCUT2D eigenvalue weighted by atomic mass is 32.2. The van der Waals surface area contributed by atoms with Crippen molar-refractivity contribution in [3.63, 3.8) is 0 Å². The first-order valence-corrected chi connectivity index (χ1v) is 12.8. The Bertz CT molecular complexity index is 1370. The Hall–Kier alpha value is -3.42. The second-order valence-corrected chi connectivity index (χ2v) is 10.4. The average molecular weight is 524 g/mol. The SMILES string of the molecule is COc1ccc(/C=C2\SC(=S)N(CCC(=O)c3c(C)c(C#N)c(=O)n(C4CCCC4)c3O)C2=O)cc1. The summed E-state index contributed by atoms with van der Waals surface area (Å²) in [6.45, 7) is 1.51. The van der Waals surface area contributed by atoms with Crippen molar-refractivity contribution in [1.29, 1.82) is 5.26 Å². The van der Waals surface area contributed by atoms with Gasteiger partial charge in [0.1, 0.15) is 21.7 Å². The van der Waals surface area contributed by atoms with Gasteiger partial charge in [0.15, 0.2) is 5.78 Å². The number of carbonyl (C=O) groups excluding carboxylic acids is 2. The molecule has 1 aliphatic heterocycles. The maximum Gasteiger partial charge on any atom is 0.271 e. The zero-order valence-corrected chi connectivity index (χ0v) is 21.6. The summed E-state index contributed by atoms with van der Waals surface area (Å²) < 4.78 is 6.68. The minimum Gasteiger partial charge on any atom is -0.497 e. The summed E-state index contributed by atoms with van der Waals surface area (Å²) in [5.41, 5.74) is 0.208. The predicted molar refractivity (Wildman–Crippen MR) is 141 cm³/mol. The molecule has 1 aromatic carbocycles. The molecule has 0 bridgehead atoms. The van der Waals surface area contributed by atoms with Crippen LogP contribution in [0.3, 0.4) is 0 Å². The molecule has 2 aliphatic rings. The number of pyridine rings is 1. The van der Waals surface area contributed by atoms with E-state index in [1.165, 1.54) is 16.4 Å². The number of ether oxygens (including phenoxy) is 1. The van der Waals surface area contributed by atoms with E-state index in [1.807, 2.05) is 18.2 Å². The van der Waals surface area contributed by atoms with E-state index in [1.54, 1.807) is 25.3 Å². The number of nitriles is 1. The van der Waals surface area contributed by atoms with Crippen LogP contribution in [0, 0.1) is 18.3 Å². The monoisotopic (exact) mass is 523 g/mol. The fourth-order valence-corrected chi connectivity index (χ4v) is 5.95. The van der Waals surface area contributed by atoms with Crippen LogP contribution in [0.15, 0.2) is 34.0 Å². The molecule has 1 N–H and O–H groups in total. The number of aromatic nitrogens is 1. The molecule has 0 unspecified atom stereocenters. The third-order valence-corrected chi connectivity index (χ3v) is 7.94. The summed E-state index contributed by atoms with van der Waals surface area (Å²) >= 11 is 6.53. The summed E-state index contributed by atoms with van der Waals surface area (Å²) in [5, 5.41) is 20.5. The Labute approximate surface area is 218 Å². The van der Waals surface area contributed by atoms with Gasteiger partial charge in [-0.3, -0.25) is 23.9 Å². The number of Topliss-reactive ketones (excluding diaryl/α,β-unsaturated/α-hetero) is 1. The Morgan fingerprint density at radius 3 is 2.56 bits per heavy atom. The standard InChI is InChI=1S/C26H25N3O5S2/c1-15-19(14-27)23(31)29(17-5-3-4-6-17)25(33)22(15)20(30)11-12-28-24(32)21(36-26(28)35)13-16-7-9-18(34-2)10-8-16/h7-10,13,17,33H,3-6,11-12H2,1-2H3/b21-13-. The van der Waals surface area contributed by atoms with Gasteiger partial charge in [-0.1, -0.05) is 49.0 Å². The van der Waals surface area contributed by atoms with Gasteiger partial charge in [0.05, 0.1) is 17.6 Å². The zero-order chi connectivity index (χ0) is 26.0. The van der Waals surface area contributed by atoms with E-state index in [0.29, 0.717) is 27.8 Å². The third kappa shape index (κ3) is 4.81. The van der Waals surface area contributed by atoms with Crippen molar-refractivity contribution in [3.05, 3.63) is 61.8 Å². The molecule has 186 valence electrons. The van der Waals surface area contributed by atoms with Crippen LogP contribution in [-0.4, -0.2) is 44.2 Å². The van der Waals surface area contributed by atoms with Crippen molar-refractivity contribution >= 4 is 46.1 Å². The largest absolute Gasteiger partial charge is 0.497 e. The molecule has 1 saturated heterocycles. The van der Waals surface area contributed by atoms with E-state index in [9.17, 15) is 24.8 Å². The normalized spacial score (nSPS) is 17.1. The molecule has 2 fully saturated rings. The molecular formula is C26H25N3O5S2. The molecule has 10 heteroatoms. The van der Waals surface area contributed by atoms with Gasteiger partial charge >= 0.3 is 0 Å². The van der Waals surface area contributed by atoms with Gasteiger partial charge in [-0.05, 0) is 49.1 Å². The van der Waals surface area contributed by atoms with Crippen LogP contribution in [0.2, 0.25) is 0 Å². The maximum atomic E-state index is 13.2. The van der Waals surface area contributed by atoms with E-state index in [4.69, 9.17) is 17.0 Å². The highest BCUT2D eigenvalue weighted by Crippen LogP contribution is 2.35. The van der Waals surface area contributed by atoms with Gasteiger partial charge < -0.3 is 9.84 Å². The Balaban J connectivity index is 1.55. The highest BCUT2D eigenvalue weighted by molar-refractivity contribution is 8.26. The minimum atomic E-state index is -0.573. The van der Waals surface area contributed by atoms with Gasteiger partial charge in [-0.25, -0.2) is 0 Å². The third-order valence-electron chi connectivity index (χ3n) is 6.56. The highest BCUT2D eigenvalue weighted by Gasteiger charge is 2.33. The Morgan fingerprint density at radius 2 is 1.94 bits per heavy atom. The lowest BCUT2D eigenvalue weighted by atomic mass is 9.99. The second kappa shape index (κ2) is 10.7. The molecule has 0 spiro atoms. The number of carbonyl (C=O) groups is 2. The van der Waals surface area contributed by atoms with Crippen molar-refractivity contribution in [2.45, 2.75) is 45.1 Å². The number of thioether (sulfide) groups is 1. The van der Waals surface area contributed by atoms with Gasteiger partial charge in [0.2, 0.25) is 5.88 Å². The molecule has 1 aliphatic carbocycles. The molecule has 36 heavy (non-hydrogen) atoms. The predicted octanol–water partition coefficient (Wildman–Crippen LogP) is 4.33. The maximum absolute atomic E-state index is 13.2. The van der Waals surface area contributed by atoms with E-state index >= 15 is 0 Å². The number of ketones is 1. The summed E-state index contributed by atoms with van der Waals surface area (Å²) in [6.07, 6.45) is 4.83. The number of nitrogens with zero attached hydrogens (tertiary/aromatic N) is 3. The molecule has 1 aromatic heterocycles. The summed E-state index contributed by atoms with van der Waals surface area (Å²) in [5.74, 6) is -0.460. The van der Waals surface area contributed by atoms with Crippen LogP contribution in [0.25, 0.3) is 6.08 Å². The first kappa shape index (κ1) is 25.7. The smallest absolute Gasteiger partial charge is 0.271 e. The van der Waals surface area contributed by atoms with Crippen LogP contribution in [0.5, 0.6) is 11.6 Å². The number of methoxy groups -OCH3 is 1. The van der Waals surface area contributed by atoms with Crippen LogP contribution in [0.4, 0.5) is 0 Å². The number of rotatable bonds is 7. The molecule has 2 aromatic rings. The molecule has 8 nitrogen and oxygen atoms in total. The quantitative estimate of drug-likeness (QED) is 0.324. The van der Waals surface area contributed by atoms with Crippen molar-refractivity contribution in [3.8, 4) is 17.7 Å². The van der Waals surface area contributed by atoms with E-state index in [-0.39, 0.29) is 41.6 Å². The van der Waals surface area contributed by atoms with Gasteiger partial charge in [0.25, 0.3) is 11.5 Å². The van der Waals surface area contributed by atoms with Gasteiger partial charge in [0, 0.05) is 19.0 Å². The number of thiocarbonyl (C=S) groups is 1. The van der Waals surface area contributed by atoms with E-state index < -0.39 is 17.2 Å². The van der Waals surface area contributed by atoms with Crippen LogP contribution in [0.1, 0.15) is 65.2 Å². The van der Waals surface area contributed by atoms with E-state index in [0.717, 1.165) is 30.2 Å². The van der Waals surface area contributed by atoms with Gasteiger partial charge in [-0.2, -0.15) is 5.26 Å². The fraction of sp³-hybridized carbons (Fsp3) is 0.346. The molecular weight excluding hydrogens is 498 g/mol. The molecule has 4 rings (SSSR count). The van der Waals surface area contributed by atoms with Crippen LogP contribution in [-0.2, 0) is 4.79 Å². The van der Waals surface area contributed by atoms with Crippen molar-refractivity contribution in [2.24, 2.45) is 0 Å². The Kier molecular flexibility index (Phi) is 7.62. The Morgan fingerprint density at radius 1 is 1.28 bits per heavy atom. The van der Waals surface area contributed by atoms with Gasteiger partial charge in [-0.15, -0.1) is 0 Å². The summed E-state index contributed by atoms with van der Waals surface area (Å²) in [6, 6.07) is 8.89. The lowest BCUT2D eigenvalue weighted by Crippen LogP contribution is -2.32.